The molecule has 0 nitrogen and oxygen atoms in total. The van der Waals surface area contributed by atoms with Crippen LogP contribution in [0.5, 0.6) is 0 Å². The van der Waals surface area contributed by atoms with Crippen molar-refractivity contribution in [2.24, 2.45) is 0 Å². The number of alkyl halides is 2. The van der Waals surface area contributed by atoms with Crippen LogP contribution >= 0.6 is 15.9 Å². The molecule has 0 saturated carbocycles. The highest BCUT2D eigenvalue weighted by Crippen LogP contribution is 2.35. The van der Waals surface area contributed by atoms with Crippen molar-refractivity contribution in [1.29, 1.82) is 0 Å². The Balaban J connectivity index is 2.52. The molecular weight excluding hydrogens is 293 g/mol. The van der Waals surface area contributed by atoms with Crippen LogP contribution in [-0.4, -0.2) is 0 Å². The molecule has 17 heavy (non-hydrogen) atoms. The van der Waals surface area contributed by atoms with E-state index in [1.165, 1.54) is 18.2 Å². The average molecular weight is 301 g/mol. The summed E-state index contributed by atoms with van der Waals surface area (Å²) in [6.07, 6.45) is -2.54. The van der Waals surface area contributed by atoms with Crippen molar-refractivity contribution in [3.05, 3.63) is 58.3 Å². The molecule has 0 aliphatic carbocycles. The van der Waals surface area contributed by atoms with Gasteiger partial charge in [0.2, 0.25) is 0 Å². The molecule has 0 N–H and O–H groups in total. The number of halogens is 4. The van der Waals surface area contributed by atoms with Gasteiger partial charge in [-0.15, -0.1) is 0 Å². The van der Waals surface area contributed by atoms with Crippen LogP contribution in [0.25, 0.3) is 11.1 Å². The molecule has 0 heterocycles. The fraction of sp³-hybridized carbons (Fsp3) is 0.0769. The molecule has 88 valence electrons. The summed E-state index contributed by atoms with van der Waals surface area (Å²) in [6.45, 7) is 0. The Morgan fingerprint density at radius 2 is 1.59 bits per heavy atom. The molecule has 2 aromatic rings. The fourth-order valence-electron chi connectivity index (χ4n) is 1.57. The summed E-state index contributed by atoms with van der Waals surface area (Å²) in [5.41, 5.74) is 1.26. The van der Waals surface area contributed by atoms with E-state index in [1.807, 2.05) is 0 Å². The maximum atomic E-state index is 12.8. The third kappa shape index (κ3) is 2.52. The normalized spacial score (nSPS) is 10.9. The Morgan fingerprint density at radius 3 is 2.18 bits per heavy atom. The minimum atomic E-state index is -2.54. The fourth-order valence-corrected chi connectivity index (χ4v) is 2.24. The predicted octanol–water partition coefficient (Wildman–Crippen LogP) is 5.19. The average Bonchev–Trinajstić information content (AvgIpc) is 2.30. The topological polar surface area (TPSA) is 0 Å². The van der Waals surface area contributed by atoms with Gasteiger partial charge in [-0.05, 0) is 39.2 Å². The van der Waals surface area contributed by atoms with E-state index in [2.05, 4.69) is 15.9 Å². The van der Waals surface area contributed by atoms with Crippen molar-refractivity contribution in [2.45, 2.75) is 6.43 Å². The summed E-state index contributed by atoms with van der Waals surface area (Å²) in [7, 11) is 0. The summed E-state index contributed by atoms with van der Waals surface area (Å²) in [4.78, 5) is 0. The van der Waals surface area contributed by atoms with Crippen LogP contribution in [0.1, 0.15) is 12.0 Å². The second kappa shape index (κ2) is 4.92. The van der Waals surface area contributed by atoms with Crippen molar-refractivity contribution < 1.29 is 13.2 Å². The Kier molecular flexibility index (Phi) is 3.52. The van der Waals surface area contributed by atoms with Crippen molar-refractivity contribution in [1.82, 2.24) is 0 Å². The zero-order chi connectivity index (χ0) is 12.4. The smallest absolute Gasteiger partial charge is 0.207 e. The molecule has 2 rings (SSSR count). The van der Waals surface area contributed by atoms with Crippen LogP contribution < -0.4 is 0 Å². The lowest BCUT2D eigenvalue weighted by Crippen LogP contribution is -1.89. The predicted molar refractivity (Wildman–Crippen MR) is 64.5 cm³/mol. The lowest BCUT2D eigenvalue weighted by molar-refractivity contribution is 0.150. The van der Waals surface area contributed by atoms with Crippen LogP contribution in [0.4, 0.5) is 13.2 Å². The molecular formula is C13H8BrF3. The summed E-state index contributed by atoms with van der Waals surface area (Å²) in [5.74, 6) is -0.352. The zero-order valence-corrected chi connectivity index (χ0v) is 10.2. The van der Waals surface area contributed by atoms with Gasteiger partial charge in [-0.3, -0.25) is 0 Å². The molecule has 2 aromatic carbocycles. The van der Waals surface area contributed by atoms with Crippen LogP contribution in [0.2, 0.25) is 0 Å². The number of hydrogen-bond acceptors (Lipinski definition) is 0. The Labute approximate surface area is 105 Å². The summed E-state index contributed by atoms with van der Waals surface area (Å²) in [5, 5.41) is 0. The maximum absolute atomic E-state index is 12.8. The number of rotatable bonds is 2. The highest BCUT2D eigenvalue weighted by molar-refractivity contribution is 9.10. The van der Waals surface area contributed by atoms with Gasteiger partial charge in [-0.2, -0.15) is 0 Å². The van der Waals surface area contributed by atoms with Gasteiger partial charge in [0.15, 0.2) is 0 Å². The lowest BCUT2D eigenvalue weighted by Gasteiger charge is -2.09. The molecule has 0 fully saturated rings. The van der Waals surface area contributed by atoms with Crippen molar-refractivity contribution in [3.63, 3.8) is 0 Å². The van der Waals surface area contributed by atoms with E-state index < -0.39 is 6.43 Å². The number of benzene rings is 2. The van der Waals surface area contributed by atoms with E-state index in [0.29, 0.717) is 15.6 Å². The van der Waals surface area contributed by atoms with Gasteiger partial charge in [0, 0.05) is 10.0 Å². The molecule has 4 heteroatoms. The van der Waals surface area contributed by atoms with Crippen molar-refractivity contribution in [3.8, 4) is 11.1 Å². The molecule has 0 radical (unpaired) electrons. The Morgan fingerprint density at radius 1 is 0.941 bits per heavy atom. The van der Waals surface area contributed by atoms with Gasteiger partial charge in [0.05, 0.1) is 0 Å². The van der Waals surface area contributed by atoms with Gasteiger partial charge in [-0.1, -0.05) is 30.3 Å². The van der Waals surface area contributed by atoms with E-state index in [4.69, 9.17) is 0 Å². The molecule has 0 atom stereocenters. The second-order valence-electron chi connectivity index (χ2n) is 3.52. The zero-order valence-electron chi connectivity index (χ0n) is 8.63. The van der Waals surface area contributed by atoms with Gasteiger partial charge >= 0.3 is 0 Å². The molecule has 0 unspecified atom stereocenters. The highest BCUT2D eigenvalue weighted by atomic mass is 79.9. The number of hydrogen-bond donors (Lipinski definition) is 0. The van der Waals surface area contributed by atoms with Gasteiger partial charge in [-0.25, -0.2) is 13.2 Å². The third-order valence-corrected chi connectivity index (χ3v) is 3.30. The van der Waals surface area contributed by atoms with E-state index in [0.717, 1.165) is 0 Å². The molecule has 0 aromatic heterocycles. The van der Waals surface area contributed by atoms with E-state index in [-0.39, 0.29) is 11.4 Å². The van der Waals surface area contributed by atoms with Crippen molar-refractivity contribution in [2.75, 3.05) is 0 Å². The third-order valence-electron chi connectivity index (χ3n) is 2.42. The molecule has 0 aliphatic heterocycles. The van der Waals surface area contributed by atoms with Crippen molar-refractivity contribution >= 4 is 15.9 Å². The first-order chi connectivity index (χ1) is 8.09. The first-order valence-corrected chi connectivity index (χ1v) is 5.71. The first kappa shape index (κ1) is 12.2. The quantitative estimate of drug-likeness (QED) is 0.716. The van der Waals surface area contributed by atoms with Gasteiger partial charge in [0.25, 0.3) is 6.43 Å². The van der Waals surface area contributed by atoms with Crippen LogP contribution in [0, 0.1) is 5.82 Å². The largest absolute Gasteiger partial charge is 0.264 e. The molecule has 0 bridgehead atoms. The maximum Gasteiger partial charge on any atom is 0.264 e. The summed E-state index contributed by atoms with van der Waals surface area (Å²) < 4.78 is 38.5. The van der Waals surface area contributed by atoms with E-state index in [9.17, 15) is 13.2 Å². The second-order valence-corrected chi connectivity index (χ2v) is 4.31. The minimum Gasteiger partial charge on any atom is -0.207 e. The Bertz CT molecular complexity index is 521. The monoisotopic (exact) mass is 300 g/mol. The van der Waals surface area contributed by atoms with E-state index in [1.54, 1.807) is 24.3 Å². The van der Waals surface area contributed by atoms with Gasteiger partial charge in [0.1, 0.15) is 5.82 Å². The lowest BCUT2D eigenvalue weighted by atomic mass is 10.0. The molecule has 0 spiro atoms. The standard InChI is InChI=1S/C13H8BrF3/c14-12-10(2-1-3-11(12)13(16)17)8-4-6-9(15)7-5-8/h1-7,13H. The Hall–Kier alpha value is -1.29. The molecule has 0 aliphatic rings. The van der Waals surface area contributed by atoms with Crippen LogP contribution in [0.3, 0.4) is 0 Å². The SMILES string of the molecule is Fc1ccc(-c2cccc(C(F)F)c2Br)cc1. The summed E-state index contributed by atoms with van der Waals surface area (Å²) in [6, 6.07) is 10.4. The van der Waals surface area contributed by atoms with Crippen LogP contribution in [0.15, 0.2) is 46.9 Å². The minimum absolute atomic E-state index is 0.0631. The molecule has 0 saturated heterocycles. The molecule has 0 amide bonds. The van der Waals surface area contributed by atoms with Gasteiger partial charge < -0.3 is 0 Å². The highest BCUT2D eigenvalue weighted by Gasteiger charge is 2.14. The summed E-state index contributed by atoms with van der Waals surface area (Å²) >= 11 is 3.16. The first-order valence-electron chi connectivity index (χ1n) is 4.92. The van der Waals surface area contributed by atoms with E-state index >= 15 is 0 Å². The van der Waals surface area contributed by atoms with Crippen LogP contribution in [-0.2, 0) is 0 Å².